The molecule has 42 heavy (non-hydrogen) atoms. The average Bonchev–Trinajstić information content (AvgIpc) is 3.57. The van der Waals surface area contributed by atoms with Gasteiger partial charge in [0.05, 0.1) is 23.7 Å². The number of alkyl halides is 2. The lowest BCUT2D eigenvalue weighted by Gasteiger charge is -2.22. The van der Waals surface area contributed by atoms with Gasteiger partial charge in [0.1, 0.15) is 5.41 Å². The van der Waals surface area contributed by atoms with Gasteiger partial charge in [-0.1, -0.05) is 12.1 Å². The fourth-order valence-corrected chi connectivity index (χ4v) is 5.05. The number of nitrogens with one attached hydrogen (secondary N) is 1. The first kappa shape index (κ1) is 29.4. The van der Waals surface area contributed by atoms with Crippen LogP contribution >= 0.6 is 0 Å². The van der Waals surface area contributed by atoms with E-state index in [0.29, 0.717) is 32.0 Å². The van der Waals surface area contributed by atoms with Crippen molar-refractivity contribution in [3.05, 3.63) is 65.8 Å². The third-order valence-electron chi connectivity index (χ3n) is 7.40. The molecule has 1 unspecified atom stereocenters. The number of aryl methyl sites for hydroxylation is 1. The van der Waals surface area contributed by atoms with Crippen LogP contribution in [-0.2, 0) is 19.0 Å². The second kappa shape index (κ2) is 12.0. The molecule has 0 fully saturated rings. The fraction of sp³-hybridized carbons (Fsp3) is 0.448. The van der Waals surface area contributed by atoms with Crippen molar-refractivity contribution in [3.8, 4) is 11.3 Å². The number of aliphatic hydroxyl groups excluding tert-OH is 1. The zero-order valence-corrected chi connectivity index (χ0v) is 24.0. The Hall–Kier alpha value is -4.10. The number of nitrogens with zero attached hydrogens (tertiary/aromatic N) is 7. The lowest BCUT2D eigenvalue weighted by Crippen LogP contribution is -2.30. The minimum Gasteiger partial charge on any atom is -0.417 e. The van der Waals surface area contributed by atoms with Gasteiger partial charge in [0.2, 0.25) is 17.6 Å². The zero-order chi connectivity index (χ0) is 30.0. The van der Waals surface area contributed by atoms with E-state index in [1.165, 1.54) is 13.8 Å². The van der Waals surface area contributed by atoms with Crippen molar-refractivity contribution in [2.75, 3.05) is 18.4 Å². The number of aliphatic hydroxyl groups is 1. The van der Waals surface area contributed by atoms with Crippen LogP contribution in [-0.4, -0.2) is 71.4 Å². The van der Waals surface area contributed by atoms with Crippen molar-refractivity contribution in [1.82, 2.24) is 34.8 Å². The molecule has 4 aromatic rings. The summed E-state index contributed by atoms with van der Waals surface area (Å²) < 4.78 is 34.0. The van der Waals surface area contributed by atoms with Gasteiger partial charge in [0.25, 0.3) is 12.3 Å². The summed E-state index contributed by atoms with van der Waals surface area (Å²) in [6.07, 6.45) is 2.69. The van der Waals surface area contributed by atoms with Gasteiger partial charge < -0.3 is 14.8 Å². The standard InChI is InChI=1S/C29H34F2N8O3/c1-17(40)14-39-10-8-18(12-24(41)25-36-37-27(42-25)29(2,3)26(30)31)22-6-5-19(11-20(22)15-39)23-7-9-32-28(35-23)34-21-13-33-38(4)16-21/h5-7,9,11,13,16-18,26,40H,8,10,12,14-15H2,1-4H3,(H,32,34,35)/t17-,18?/m0/s1. The van der Waals surface area contributed by atoms with Gasteiger partial charge in [-0.05, 0) is 62.9 Å². The van der Waals surface area contributed by atoms with Crippen LogP contribution in [0.25, 0.3) is 11.3 Å². The van der Waals surface area contributed by atoms with Gasteiger partial charge in [0.15, 0.2) is 0 Å². The second-order valence-electron chi connectivity index (χ2n) is 11.3. The van der Waals surface area contributed by atoms with Crippen LogP contribution < -0.4 is 5.32 Å². The van der Waals surface area contributed by atoms with Gasteiger partial charge in [-0.3, -0.25) is 14.4 Å². The van der Waals surface area contributed by atoms with E-state index in [9.17, 15) is 18.7 Å². The number of halogens is 2. The number of anilines is 2. The summed E-state index contributed by atoms with van der Waals surface area (Å²) in [4.78, 5) is 24.4. The number of rotatable bonds is 10. The highest BCUT2D eigenvalue weighted by atomic mass is 19.3. The molecular weight excluding hydrogens is 546 g/mol. The van der Waals surface area contributed by atoms with Crippen LogP contribution in [0.2, 0.25) is 0 Å². The number of ketones is 1. The Morgan fingerprint density at radius 2 is 2.07 bits per heavy atom. The first-order chi connectivity index (χ1) is 20.0. The molecule has 0 saturated heterocycles. The number of β-amino-alcohol motifs (C(OH)–C–C–N with tert-alkyl or cyclic N) is 1. The fourth-order valence-electron chi connectivity index (χ4n) is 5.05. The smallest absolute Gasteiger partial charge is 0.284 e. The first-order valence-electron chi connectivity index (χ1n) is 13.8. The van der Waals surface area contributed by atoms with Crippen LogP contribution in [0.15, 0.2) is 47.3 Å². The van der Waals surface area contributed by atoms with Crippen molar-refractivity contribution in [2.45, 2.75) is 64.0 Å². The lowest BCUT2D eigenvalue weighted by molar-refractivity contribution is 0.0529. The Morgan fingerprint density at radius 3 is 2.79 bits per heavy atom. The molecule has 11 nitrogen and oxygen atoms in total. The topological polar surface area (TPSA) is 135 Å². The third-order valence-corrected chi connectivity index (χ3v) is 7.40. The van der Waals surface area contributed by atoms with Crippen molar-refractivity contribution in [3.63, 3.8) is 0 Å². The van der Waals surface area contributed by atoms with Gasteiger partial charge in [0, 0.05) is 44.5 Å². The predicted molar refractivity (Wildman–Crippen MR) is 151 cm³/mol. The van der Waals surface area contributed by atoms with Gasteiger partial charge in [-0.25, -0.2) is 18.7 Å². The summed E-state index contributed by atoms with van der Waals surface area (Å²) in [6, 6.07) is 7.85. The second-order valence-corrected chi connectivity index (χ2v) is 11.3. The highest BCUT2D eigenvalue weighted by molar-refractivity contribution is 5.92. The van der Waals surface area contributed by atoms with Crippen LogP contribution in [0.1, 0.15) is 67.2 Å². The molecule has 0 bridgehead atoms. The van der Waals surface area contributed by atoms with Crippen molar-refractivity contribution < 1.29 is 23.1 Å². The highest BCUT2D eigenvalue weighted by Crippen LogP contribution is 2.35. The molecule has 1 aliphatic heterocycles. The number of benzene rings is 1. The molecule has 1 aliphatic rings. The molecule has 0 aliphatic carbocycles. The maximum atomic E-state index is 13.4. The molecule has 2 N–H and O–H groups in total. The molecular formula is C29H34F2N8O3. The Morgan fingerprint density at radius 1 is 1.26 bits per heavy atom. The summed E-state index contributed by atoms with van der Waals surface area (Å²) in [7, 11) is 1.83. The maximum Gasteiger partial charge on any atom is 0.284 e. The molecule has 3 aromatic heterocycles. The lowest BCUT2D eigenvalue weighted by atomic mass is 9.87. The minimum absolute atomic E-state index is 0.0816. The van der Waals surface area contributed by atoms with Gasteiger partial charge in [-0.2, -0.15) is 5.10 Å². The zero-order valence-electron chi connectivity index (χ0n) is 24.0. The minimum atomic E-state index is -2.72. The molecule has 0 amide bonds. The molecule has 5 rings (SSSR count). The normalized spacial score (nSPS) is 16.7. The summed E-state index contributed by atoms with van der Waals surface area (Å²) in [5, 5.41) is 24.9. The molecule has 0 saturated carbocycles. The van der Waals surface area contributed by atoms with Crippen LogP contribution in [0, 0.1) is 0 Å². The number of carbonyl (C=O) groups excluding carboxylic acids is 1. The monoisotopic (exact) mass is 580 g/mol. The molecule has 4 heterocycles. The number of hydrogen-bond acceptors (Lipinski definition) is 10. The van der Waals surface area contributed by atoms with E-state index in [-0.39, 0.29) is 24.1 Å². The van der Waals surface area contributed by atoms with E-state index in [4.69, 9.17) is 4.42 Å². The summed E-state index contributed by atoms with van der Waals surface area (Å²) in [5.74, 6) is -0.672. The molecule has 0 spiro atoms. The van der Waals surface area contributed by atoms with Gasteiger partial charge in [-0.15, -0.1) is 10.2 Å². The molecule has 13 heteroatoms. The summed E-state index contributed by atoms with van der Waals surface area (Å²) in [6.45, 7) is 6.06. The van der Waals surface area contributed by atoms with E-state index in [1.54, 1.807) is 24.0 Å². The molecule has 222 valence electrons. The van der Waals surface area contributed by atoms with Crippen molar-refractivity contribution in [1.29, 1.82) is 0 Å². The number of fused-ring (bicyclic) bond motifs is 1. The Bertz CT molecular complexity index is 1550. The van der Waals surface area contributed by atoms with E-state index in [0.717, 1.165) is 28.1 Å². The Kier molecular flexibility index (Phi) is 8.41. The summed E-state index contributed by atoms with van der Waals surface area (Å²) >= 11 is 0. The highest BCUT2D eigenvalue weighted by Gasteiger charge is 2.38. The predicted octanol–water partition coefficient (Wildman–Crippen LogP) is 4.49. The molecule has 0 radical (unpaired) electrons. The number of hydrogen-bond donors (Lipinski definition) is 2. The third kappa shape index (κ3) is 6.52. The van der Waals surface area contributed by atoms with E-state index in [2.05, 4.69) is 41.5 Å². The largest absolute Gasteiger partial charge is 0.417 e. The quantitative estimate of drug-likeness (QED) is 0.258. The SMILES string of the molecule is C[C@H](O)CN1CCC(CC(=O)c2nnc(C(C)(C)C(F)F)o2)c2ccc(-c3ccnc(Nc4cnn(C)c4)n3)cc2C1. The van der Waals surface area contributed by atoms with Crippen molar-refractivity contribution >= 4 is 17.4 Å². The number of Topliss-reactive ketones (excluding diaryl/α,β-unsaturated/α-hetero) is 1. The van der Waals surface area contributed by atoms with Crippen molar-refractivity contribution in [2.24, 2.45) is 7.05 Å². The Labute approximate surface area is 242 Å². The van der Waals surface area contributed by atoms with E-state index >= 15 is 0 Å². The van der Waals surface area contributed by atoms with Crippen LogP contribution in [0.4, 0.5) is 20.4 Å². The van der Waals surface area contributed by atoms with E-state index < -0.39 is 23.7 Å². The maximum absolute atomic E-state index is 13.4. The molecule has 1 aromatic carbocycles. The van der Waals surface area contributed by atoms with Crippen LogP contribution in [0.5, 0.6) is 0 Å². The average molecular weight is 581 g/mol. The van der Waals surface area contributed by atoms with E-state index in [1.807, 2.05) is 31.4 Å². The van der Waals surface area contributed by atoms with Gasteiger partial charge >= 0.3 is 0 Å². The van der Waals surface area contributed by atoms with Crippen LogP contribution in [0.3, 0.4) is 0 Å². The first-order valence-corrected chi connectivity index (χ1v) is 13.8. The summed E-state index contributed by atoms with van der Waals surface area (Å²) in [5.41, 5.74) is 2.71. The Balaban J connectivity index is 1.41. The molecule has 2 atom stereocenters. The number of carbonyl (C=O) groups is 1. The number of aromatic nitrogens is 6.